The van der Waals surface area contributed by atoms with Crippen LogP contribution in [0.2, 0.25) is 0 Å². The Kier molecular flexibility index (Phi) is 2.35. The van der Waals surface area contributed by atoms with Crippen LogP contribution in [0.1, 0.15) is 68.9 Å². The van der Waals surface area contributed by atoms with E-state index in [9.17, 15) is 5.11 Å². The second-order valence-corrected chi connectivity index (χ2v) is 9.32. The third-order valence-corrected chi connectivity index (χ3v) is 9.07. The molecule has 0 saturated heterocycles. The first kappa shape index (κ1) is 13.9. The number of hydrogen-bond donors (Lipinski definition) is 2. The van der Waals surface area contributed by atoms with E-state index in [0.717, 1.165) is 18.8 Å². The minimum atomic E-state index is -0.368. The Bertz CT molecular complexity index is 845. The van der Waals surface area contributed by atoms with Crippen LogP contribution in [0.25, 0.3) is 10.9 Å². The lowest BCUT2D eigenvalue weighted by atomic mass is 9.48. The largest absolute Gasteiger partial charge is 0.389 e. The van der Waals surface area contributed by atoms with E-state index >= 15 is 0 Å². The average Bonchev–Trinajstić information content (AvgIpc) is 3.20. The highest BCUT2D eigenvalue weighted by molar-refractivity contribution is 5.80. The third-order valence-electron chi connectivity index (χ3n) is 9.07. The van der Waals surface area contributed by atoms with Crippen molar-refractivity contribution in [1.82, 2.24) is 10.2 Å². The monoisotopic (exact) mass is 322 g/mol. The van der Waals surface area contributed by atoms with Crippen LogP contribution in [-0.2, 0) is 6.42 Å². The van der Waals surface area contributed by atoms with Gasteiger partial charge in [0.15, 0.2) is 0 Å². The number of aryl methyl sites for hydroxylation is 1. The van der Waals surface area contributed by atoms with Crippen molar-refractivity contribution in [3.8, 4) is 0 Å². The summed E-state index contributed by atoms with van der Waals surface area (Å²) in [4.78, 5) is 0. The summed E-state index contributed by atoms with van der Waals surface area (Å²) in [6.07, 6.45) is 11.5. The van der Waals surface area contributed by atoms with Gasteiger partial charge in [-0.1, -0.05) is 6.92 Å². The summed E-state index contributed by atoms with van der Waals surface area (Å²) in [5.74, 6) is 1.46. The molecular weight excluding hydrogens is 296 g/mol. The number of aromatic nitrogens is 2. The van der Waals surface area contributed by atoms with Crippen molar-refractivity contribution in [3.05, 3.63) is 29.5 Å². The lowest BCUT2D eigenvalue weighted by Gasteiger charge is -2.56. The van der Waals surface area contributed by atoms with Gasteiger partial charge in [0, 0.05) is 10.8 Å². The van der Waals surface area contributed by atoms with Gasteiger partial charge in [0.05, 0.1) is 17.3 Å². The zero-order chi connectivity index (χ0) is 16.2. The second kappa shape index (κ2) is 4.07. The fraction of sp³-hybridized carbons (Fsp3) is 0.667. The maximum Gasteiger partial charge on any atom is 0.0706 e. The van der Waals surface area contributed by atoms with Gasteiger partial charge in [0.1, 0.15) is 0 Å². The lowest BCUT2D eigenvalue weighted by molar-refractivity contribution is -0.101. The van der Waals surface area contributed by atoms with E-state index in [1.165, 1.54) is 49.4 Å². The van der Waals surface area contributed by atoms with E-state index < -0.39 is 0 Å². The van der Waals surface area contributed by atoms with Gasteiger partial charge in [-0.15, -0.1) is 0 Å². The van der Waals surface area contributed by atoms with Crippen molar-refractivity contribution in [1.29, 1.82) is 0 Å². The molecule has 1 heterocycles. The molecule has 0 radical (unpaired) electrons. The Morgan fingerprint density at radius 1 is 1.12 bits per heavy atom. The lowest BCUT2D eigenvalue weighted by Crippen LogP contribution is -2.51. The van der Waals surface area contributed by atoms with Crippen LogP contribution in [0.3, 0.4) is 0 Å². The smallest absolute Gasteiger partial charge is 0.0706 e. The van der Waals surface area contributed by atoms with Gasteiger partial charge >= 0.3 is 0 Å². The third kappa shape index (κ3) is 1.32. The first-order valence-electron chi connectivity index (χ1n) is 9.75. The van der Waals surface area contributed by atoms with E-state index in [2.05, 4.69) is 29.3 Å². The molecule has 3 heteroatoms. The van der Waals surface area contributed by atoms with Gasteiger partial charge in [-0.05, 0) is 91.9 Å². The van der Waals surface area contributed by atoms with Crippen LogP contribution in [0.4, 0.5) is 0 Å². The Hall–Kier alpha value is -1.35. The molecule has 3 nitrogen and oxygen atoms in total. The molecule has 0 spiro atoms. The summed E-state index contributed by atoms with van der Waals surface area (Å²) in [5.41, 5.74) is 4.51. The fourth-order valence-corrected chi connectivity index (χ4v) is 7.74. The molecule has 6 rings (SSSR count). The standard InChI is InChI=1S/C21H26N2O/c1-19-5-4-15-16-10-14-12-22-23-18(14)11-13(16)2-3-17(15)20(19)6-8-21(19,24)9-7-20/h10-12,15,17,24H,2-9H2,1H3,(H,22,23)/t15-,17-,19+,20?,21?/m1/s1. The molecule has 0 unspecified atom stereocenters. The van der Waals surface area contributed by atoms with E-state index in [1.807, 2.05) is 6.20 Å². The fourth-order valence-electron chi connectivity index (χ4n) is 7.74. The molecule has 1 aromatic carbocycles. The van der Waals surface area contributed by atoms with E-state index in [4.69, 9.17) is 0 Å². The molecule has 2 N–H and O–H groups in total. The van der Waals surface area contributed by atoms with E-state index in [-0.39, 0.29) is 11.0 Å². The first-order chi connectivity index (χ1) is 11.6. The molecule has 3 atom stereocenters. The van der Waals surface area contributed by atoms with Crippen molar-refractivity contribution in [2.24, 2.45) is 16.7 Å². The average molecular weight is 322 g/mol. The van der Waals surface area contributed by atoms with E-state index in [0.29, 0.717) is 11.3 Å². The highest BCUT2D eigenvalue weighted by Gasteiger charge is 2.73. The number of hydrogen-bond acceptors (Lipinski definition) is 2. The Labute approximate surface area is 142 Å². The molecule has 2 aromatic rings. The minimum absolute atomic E-state index is 0.165. The number of aromatic amines is 1. The first-order valence-corrected chi connectivity index (χ1v) is 9.75. The zero-order valence-corrected chi connectivity index (χ0v) is 14.4. The normalized spacial score (nSPS) is 45.9. The second-order valence-electron chi connectivity index (χ2n) is 9.32. The van der Waals surface area contributed by atoms with Gasteiger partial charge in [0.25, 0.3) is 0 Å². The maximum atomic E-state index is 11.3. The van der Waals surface area contributed by atoms with Crippen LogP contribution < -0.4 is 0 Å². The summed E-state index contributed by atoms with van der Waals surface area (Å²) in [7, 11) is 0. The Balaban J connectivity index is 1.51. The number of fused-ring (bicyclic) bond motifs is 4. The molecule has 2 bridgehead atoms. The molecule has 1 aromatic heterocycles. The summed E-state index contributed by atoms with van der Waals surface area (Å²) in [5, 5.41) is 19.9. The van der Waals surface area contributed by atoms with Gasteiger partial charge in [-0.3, -0.25) is 5.10 Å². The molecule has 24 heavy (non-hydrogen) atoms. The SMILES string of the molecule is C[C@]12CC[C@@H]3c4cc5cn[nH]c5cc4CC[C@H]3C13CCC2(O)CC3. The van der Waals surface area contributed by atoms with Crippen molar-refractivity contribution in [2.75, 3.05) is 0 Å². The number of H-pyrrole nitrogens is 1. The molecule has 0 amide bonds. The number of nitrogens with one attached hydrogen (secondary N) is 1. The number of nitrogens with zero attached hydrogens (tertiary/aromatic N) is 1. The maximum absolute atomic E-state index is 11.3. The molecule has 3 fully saturated rings. The minimum Gasteiger partial charge on any atom is -0.389 e. The molecule has 0 aliphatic heterocycles. The highest BCUT2D eigenvalue weighted by atomic mass is 16.3. The van der Waals surface area contributed by atoms with Crippen LogP contribution in [0.15, 0.2) is 18.3 Å². The summed E-state index contributed by atoms with van der Waals surface area (Å²) < 4.78 is 0. The van der Waals surface area contributed by atoms with Crippen LogP contribution in [0.5, 0.6) is 0 Å². The number of rotatable bonds is 0. The van der Waals surface area contributed by atoms with Crippen molar-refractivity contribution < 1.29 is 5.11 Å². The van der Waals surface area contributed by atoms with Crippen molar-refractivity contribution >= 4 is 10.9 Å². The Morgan fingerprint density at radius 2 is 1.96 bits per heavy atom. The zero-order valence-electron chi connectivity index (χ0n) is 14.4. The van der Waals surface area contributed by atoms with Gasteiger partial charge < -0.3 is 5.11 Å². The predicted octanol–water partition coefficient (Wildman–Crippen LogP) is 4.31. The molecule has 3 saturated carbocycles. The van der Waals surface area contributed by atoms with Crippen molar-refractivity contribution in [2.45, 2.75) is 69.8 Å². The van der Waals surface area contributed by atoms with Gasteiger partial charge in [-0.25, -0.2) is 0 Å². The molecular formula is C21H26N2O. The molecule has 126 valence electrons. The van der Waals surface area contributed by atoms with Crippen LogP contribution >= 0.6 is 0 Å². The molecule has 4 aliphatic carbocycles. The predicted molar refractivity (Wildman–Crippen MR) is 93.8 cm³/mol. The van der Waals surface area contributed by atoms with Crippen molar-refractivity contribution in [3.63, 3.8) is 0 Å². The van der Waals surface area contributed by atoms with Crippen LogP contribution in [-0.4, -0.2) is 20.9 Å². The Morgan fingerprint density at radius 3 is 2.79 bits per heavy atom. The molecule has 4 aliphatic rings. The van der Waals surface area contributed by atoms with Crippen LogP contribution in [0, 0.1) is 16.7 Å². The number of aliphatic hydroxyl groups is 1. The summed E-state index contributed by atoms with van der Waals surface area (Å²) in [6.45, 7) is 2.43. The quantitative estimate of drug-likeness (QED) is 0.759. The summed E-state index contributed by atoms with van der Waals surface area (Å²) in [6, 6.07) is 4.76. The number of benzene rings is 1. The van der Waals surface area contributed by atoms with E-state index in [1.54, 1.807) is 11.1 Å². The highest BCUT2D eigenvalue weighted by Crippen LogP contribution is 2.77. The summed E-state index contributed by atoms with van der Waals surface area (Å²) >= 11 is 0. The topological polar surface area (TPSA) is 48.9 Å². The van der Waals surface area contributed by atoms with Gasteiger partial charge in [-0.2, -0.15) is 5.10 Å². The van der Waals surface area contributed by atoms with Gasteiger partial charge in [0.2, 0.25) is 0 Å².